The Morgan fingerprint density at radius 3 is 2.39 bits per heavy atom. The lowest BCUT2D eigenvalue weighted by Gasteiger charge is -2.05. The summed E-state index contributed by atoms with van der Waals surface area (Å²) in [5.41, 5.74) is 0.391. The average Bonchev–Trinajstić information content (AvgIpc) is 2.77. The first kappa shape index (κ1) is 16.5. The molecule has 1 amide bonds. The summed E-state index contributed by atoms with van der Waals surface area (Å²) in [5, 5.41) is 6.19. The highest BCUT2D eigenvalue weighted by atomic mass is 19.3. The minimum absolute atomic E-state index is 0.00757. The number of rotatable bonds is 4. The molecule has 1 aromatic rings. The number of hydrogen-bond acceptors (Lipinski definition) is 2. The zero-order valence-electron chi connectivity index (χ0n) is 11.5. The Balaban J connectivity index is 0.00000137. The van der Waals surface area contributed by atoms with Crippen LogP contribution in [0.25, 0.3) is 0 Å². The maximum absolute atomic E-state index is 12.6. The van der Waals surface area contributed by atoms with Gasteiger partial charge in [0.1, 0.15) is 5.69 Å². The first-order chi connectivity index (χ1) is 8.47. The second-order valence-corrected chi connectivity index (χ2v) is 3.69. The molecule has 0 fully saturated rings. The van der Waals surface area contributed by atoms with Crippen molar-refractivity contribution in [3.63, 3.8) is 0 Å². The van der Waals surface area contributed by atoms with Gasteiger partial charge in [0.05, 0.1) is 5.69 Å². The molecule has 0 spiro atoms. The van der Waals surface area contributed by atoms with Gasteiger partial charge in [0.25, 0.3) is 5.91 Å². The molecule has 1 N–H and O–H groups in total. The normalized spacial score (nSPS) is 10.3. The molecule has 0 atom stereocenters. The van der Waals surface area contributed by atoms with Crippen LogP contribution in [0.1, 0.15) is 63.3 Å². The monoisotopic (exact) mass is 261 g/mol. The summed E-state index contributed by atoms with van der Waals surface area (Å²) in [7, 11) is 0. The Morgan fingerprint density at radius 1 is 1.44 bits per heavy atom. The predicted molar refractivity (Wildman–Crippen MR) is 66.9 cm³/mol. The van der Waals surface area contributed by atoms with Gasteiger partial charge >= 0.3 is 6.55 Å². The van der Waals surface area contributed by atoms with Gasteiger partial charge in [-0.25, -0.2) is 0 Å². The van der Waals surface area contributed by atoms with Crippen LogP contribution >= 0.6 is 0 Å². The summed E-state index contributed by atoms with van der Waals surface area (Å²) >= 11 is 0. The molecule has 18 heavy (non-hydrogen) atoms. The molecule has 0 unspecified atom stereocenters. The summed E-state index contributed by atoms with van der Waals surface area (Å²) in [4.78, 5) is 11.5. The number of hydrogen-bond donors (Lipinski definition) is 1. The van der Waals surface area contributed by atoms with E-state index >= 15 is 0 Å². The van der Waals surface area contributed by atoms with E-state index < -0.39 is 12.5 Å². The average molecular weight is 261 g/mol. The van der Waals surface area contributed by atoms with Gasteiger partial charge in [-0.1, -0.05) is 27.7 Å². The summed E-state index contributed by atoms with van der Waals surface area (Å²) in [6.07, 6.45) is 0. The number of alkyl halides is 2. The Morgan fingerprint density at radius 2 is 2.00 bits per heavy atom. The zero-order valence-corrected chi connectivity index (χ0v) is 11.5. The van der Waals surface area contributed by atoms with E-state index in [4.69, 9.17) is 0 Å². The molecule has 6 heteroatoms. The van der Waals surface area contributed by atoms with E-state index in [1.807, 2.05) is 27.7 Å². The van der Waals surface area contributed by atoms with Gasteiger partial charge in [0, 0.05) is 6.54 Å². The molecule has 0 aromatic carbocycles. The fourth-order valence-corrected chi connectivity index (χ4v) is 1.26. The van der Waals surface area contributed by atoms with Gasteiger partial charge in [-0.3, -0.25) is 4.79 Å². The van der Waals surface area contributed by atoms with Crippen LogP contribution in [0.5, 0.6) is 0 Å². The van der Waals surface area contributed by atoms with Crippen LogP contribution in [-0.2, 0) is 0 Å². The molecule has 1 rings (SSSR count). The first-order valence-electron chi connectivity index (χ1n) is 6.13. The summed E-state index contributed by atoms with van der Waals surface area (Å²) in [6, 6.07) is 1.40. The Bertz CT molecular complexity index is 375. The van der Waals surface area contributed by atoms with Crippen molar-refractivity contribution in [1.82, 2.24) is 15.1 Å². The fourth-order valence-electron chi connectivity index (χ4n) is 1.26. The van der Waals surface area contributed by atoms with E-state index in [2.05, 4.69) is 10.4 Å². The topological polar surface area (TPSA) is 46.9 Å². The molecule has 1 aromatic heterocycles. The second-order valence-electron chi connectivity index (χ2n) is 3.69. The molecule has 0 aliphatic heterocycles. The Hall–Kier alpha value is -1.46. The smallest absolute Gasteiger partial charge is 0.333 e. The number of carbonyl (C=O) groups is 1. The highest BCUT2D eigenvalue weighted by molar-refractivity contribution is 5.92. The molecule has 0 saturated carbocycles. The predicted octanol–water partition coefficient (Wildman–Crippen LogP) is 3.18. The van der Waals surface area contributed by atoms with E-state index in [9.17, 15) is 13.6 Å². The van der Waals surface area contributed by atoms with Gasteiger partial charge < -0.3 is 5.32 Å². The van der Waals surface area contributed by atoms with E-state index in [0.717, 1.165) is 0 Å². The number of nitrogens with one attached hydrogen (secondary N) is 1. The third-order valence-electron chi connectivity index (χ3n) is 2.10. The summed E-state index contributed by atoms with van der Waals surface area (Å²) in [6.45, 7) is 6.98. The van der Waals surface area contributed by atoms with Gasteiger partial charge in [-0.15, -0.1) is 0 Å². The van der Waals surface area contributed by atoms with Gasteiger partial charge in [0.15, 0.2) is 0 Å². The molecule has 4 nitrogen and oxygen atoms in total. The maximum atomic E-state index is 12.6. The van der Waals surface area contributed by atoms with Crippen molar-refractivity contribution in [3.05, 3.63) is 17.5 Å². The van der Waals surface area contributed by atoms with Crippen molar-refractivity contribution in [2.75, 3.05) is 6.54 Å². The largest absolute Gasteiger partial charge is 0.351 e. The van der Waals surface area contributed by atoms with E-state index in [1.165, 1.54) is 6.07 Å². The van der Waals surface area contributed by atoms with Gasteiger partial charge in [-0.2, -0.15) is 18.6 Å². The number of amides is 1. The van der Waals surface area contributed by atoms with E-state index in [0.29, 0.717) is 16.9 Å². The van der Waals surface area contributed by atoms with Crippen LogP contribution in [-0.4, -0.2) is 22.2 Å². The number of aromatic nitrogens is 2. The van der Waals surface area contributed by atoms with Crippen LogP contribution in [0, 0.1) is 0 Å². The second kappa shape index (κ2) is 7.79. The van der Waals surface area contributed by atoms with Crippen LogP contribution in [0.4, 0.5) is 8.78 Å². The maximum Gasteiger partial charge on any atom is 0.333 e. The van der Waals surface area contributed by atoms with Crippen LogP contribution in [0.15, 0.2) is 6.07 Å². The lowest BCUT2D eigenvalue weighted by molar-refractivity contribution is 0.0505. The van der Waals surface area contributed by atoms with Gasteiger partial charge in [0.2, 0.25) is 0 Å². The van der Waals surface area contributed by atoms with Gasteiger partial charge in [-0.05, 0) is 18.9 Å². The molecular formula is C12H21F2N3O. The molecular weight excluding hydrogens is 240 g/mol. The molecule has 0 saturated heterocycles. The van der Waals surface area contributed by atoms with Crippen molar-refractivity contribution < 1.29 is 13.6 Å². The van der Waals surface area contributed by atoms with Crippen molar-refractivity contribution in [2.45, 2.75) is 47.1 Å². The number of halogens is 2. The standard InChI is InChI=1S/C10H15F2N3O.C2H6/c1-4-13-9(16)8-5-7(6(2)3)14-15(8)10(11)12;1-2/h5-6,10H,4H2,1-3H3,(H,13,16);1-2H3. The highest BCUT2D eigenvalue weighted by Crippen LogP contribution is 2.19. The third kappa shape index (κ3) is 4.09. The Labute approximate surface area is 106 Å². The van der Waals surface area contributed by atoms with Crippen molar-refractivity contribution in [3.8, 4) is 0 Å². The molecule has 0 aliphatic rings. The van der Waals surface area contributed by atoms with Crippen molar-refractivity contribution >= 4 is 5.91 Å². The van der Waals surface area contributed by atoms with E-state index in [1.54, 1.807) is 6.92 Å². The highest BCUT2D eigenvalue weighted by Gasteiger charge is 2.21. The van der Waals surface area contributed by atoms with Crippen LogP contribution in [0.3, 0.4) is 0 Å². The Kier molecular flexibility index (Phi) is 7.16. The lowest BCUT2D eigenvalue weighted by Crippen LogP contribution is -2.26. The minimum Gasteiger partial charge on any atom is -0.351 e. The zero-order chi connectivity index (χ0) is 14.3. The first-order valence-corrected chi connectivity index (χ1v) is 6.13. The quantitative estimate of drug-likeness (QED) is 0.904. The summed E-state index contributed by atoms with van der Waals surface area (Å²) in [5.74, 6) is -0.518. The third-order valence-corrected chi connectivity index (χ3v) is 2.10. The van der Waals surface area contributed by atoms with Crippen molar-refractivity contribution in [1.29, 1.82) is 0 Å². The summed E-state index contributed by atoms with van der Waals surface area (Å²) < 4.78 is 25.7. The fraction of sp³-hybridized carbons (Fsp3) is 0.667. The molecule has 0 bridgehead atoms. The number of carbonyl (C=O) groups excluding carboxylic acids is 1. The van der Waals surface area contributed by atoms with Crippen molar-refractivity contribution in [2.24, 2.45) is 0 Å². The molecule has 0 radical (unpaired) electrons. The molecule has 0 aliphatic carbocycles. The molecule has 1 heterocycles. The minimum atomic E-state index is -2.80. The van der Waals surface area contributed by atoms with Crippen LogP contribution in [0.2, 0.25) is 0 Å². The molecule has 104 valence electrons. The van der Waals surface area contributed by atoms with E-state index in [-0.39, 0.29) is 11.6 Å². The lowest BCUT2D eigenvalue weighted by atomic mass is 10.1. The number of nitrogens with zero attached hydrogens (tertiary/aromatic N) is 2. The van der Waals surface area contributed by atoms with Crippen LogP contribution < -0.4 is 5.32 Å². The SMILES string of the molecule is CC.CCNC(=O)c1cc(C(C)C)nn1C(F)F.